The first-order chi connectivity index (χ1) is 11.0. The van der Waals surface area contributed by atoms with Crippen molar-refractivity contribution in [2.75, 3.05) is 6.26 Å². The van der Waals surface area contributed by atoms with E-state index in [0.717, 1.165) is 22.6 Å². The Bertz CT molecular complexity index is 889. The molecule has 1 atom stereocenters. The molecule has 0 spiro atoms. The number of fused-ring (bicyclic) bond motifs is 1. The van der Waals surface area contributed by atoms with Gasteiger partial charge in [0.25, 0.3) is 10.1 Å². The zero-order valence-electron chi connectivity index (χ0n) is 12.8. The Morgan fingerprint density at radius 1 is 1.17 bits per heavy atom. The van der Waals surface area contributed by atoms with Crippen molar-refractivity contribution in [1.82, 2.24) is 9.55 Å². The molecule has 3 aromatic rings. The molecule has 0 aliphatic carbocycles. The van der Waals surface area contributed by atoms with Crippen LogP contribution in [0.4, 0.5) is 0 Å². The zero-order valence-corrected chi connectivity index (χ0v) is 13.6. The number of imidazole rings is 1. The molecule has 0 aliphatic heterocycles. The highest BCUT2D eigenvalue weighted by Crippen LogP contribution is 2.27. The summed E-state index contributed by atoms with van der Waals surface area (Å²) in [6, 6.07) is 13.9. The fraction of sp³-hybridized carbons (Fsp3) is 0.235. The molecular weight excluding hydrogens is 312 g/mol. The minimum Gasteiger partial charge on any atom is -0.337 e. The highest BCUT2D eigenvalue weighted by molar-refractivity contribution is 7.86. The Kier molecular flexibility index (Phi) is 4.45. The lowest BCUT2D eigenvalue weighted by Crippen LogP contribution is -2.13. The SMILES string of the molecule is CS(=O)(=O)OC(CCn1ccnc1)c1ccc2ccccc2c1. The molecule has 0 amide bonds. The van der Waals surface area contributed by atoms with Crippen molar-refractivity contribution in [2.45, 2.75) is 19.1 Å². The van der Waals surface area contributed by atoms with Crippen molar-refractivity contribution < 1.29 is 12.6 Å². The summed E-state index contributed by atoms with van der Waals surface area (Å²) in [6.45, 7) is 0.632. The molecule has 1 unspecified atom stereocenters. The van der Waals surface area contributed by atoms with Gasteiger partial charge in [0, 0.05) is 18.9 Å². The third kappa shape index (κ3) is 4.18. The average molecular weight is 330 g/mol. The smallest absolute Gasteiger partial charge is 0.264 e. The summed E-state index contributed by atoms with van der Waals surface area (Å²) in [5.41, 5.74) is 0.856. The van der Waals surface area contributed by atoms with E-state index in [1.54, 1.807) is 12.5 Å². The van der Waals surface area contributed by atoms with E-state index in [-0.39, 0.29) is 0 Å². The molecule has 0 fully saturated rings. The summed E-state index contributed by atoms with van der Waals surface area (Å²) < 4.78 is 30.4. The molecule has 0 bridgehead atoms. The fourth-order valence-electron chi connectivity index (χ4n) is 2.57. The largest absolute Gasteiger partial charge is 0.337 e. The van der Waals surface area contributed by atoms with E-state index < -0.39 is 16.2 Å². The summed E-state index contributed by atoms with van der Waals surface area (Å²) in [5, 5.41) is 2.18. The van der Waals surface area contributed by atoms with Crippen LogP contribution in [-0.2, 0) is 20.8 Å². The third-order valence-electron chi connectivity index (χ3n) is 3.64. The van der Waals surface area contributed by atoms with E-state index in [2.05, 4.69) is 4.98 Å². The van der Waals surface area contributed by atoms with Gasteiger partial charge in [-0.3, -0.25) is 4.18 Å². The Morgan fingerprint density at radius 2 is 1.96 bits per heavy atom. The number of benzene rings is 2. The van der Waals surface area contributed by atoms with Crippen LogP contribution in [0, 0.1) is 0 Å². The first-order valence-electron chi connectivity index (χ1n) is 7.34. The number of aromatic nitrogens is 2. The summed E-state index contributed by atoms with van der Waals surface area (Å²) in [5.74, 6) is 0. The molecule has 2 aromatic carbocycles. The van der Waals surface area contributed by atoms with E-state index in [1.807, 2.05) is 53.2 Å². The van der Waals surface area contributed by atoms with Gasteiger partial charge < -0.3 is 4.57 Å². The van der Waals surface area contributed by atoms with Crippen LogP contribution in [0.25, 0.3) is 10.8 Å². The summed E-state index contributed by atoms with van der Waals surface area (Å²) in [7, 11) is -3.54. The fourth-order valence-corrected chi connectivity index (χ4v) is 3.20. The highest BCUT2D eigenvalue weighted by Gasteiger charge is 2.18. The van der Waals surface area contributed by atoms with Crippen molar-refractivity contribution in [3.8, 4) is 0 Å². The van der Waals surface area contributed by atoms with E-state index in [1.165, 1.54) is 0 Å². The maximum Gasteiger partial charge on any atom is 0.264 e. The topological polar surface area (TPSA) is 61.2 Å². The third-order valence-corrected chi connectivity index (χ3v) is 4.23. The maximum atomic E-state index is 11.6. The quantitative estimate of drug-likeness (QED) is 0.651. The first-order valence-corrected chi connectivity index (χ1v) is 9.16. The molecule has 5 nitrogen and oxygen atoms in total. The van der Waals surface area contributed by atoms with Gasteiger partial charge in [0.1, 0.15) is 6.10 Å². The van der Waals surface area contributed by atoms with Crippen LogP contribution in [0.1, 0.15) is 18.1 Å². The molecule has 0 saturated heterocycles. The van der Waals surface area contributed by atoms with Gasteiger partial charge in [-0.25, -0.2) is 4.98 Å². The molecule has 0 N–H and O–H groups in total. The van der Waals surface area contributed by atoms with Gasteiger partial charge in [-0.2, -0.15) is 8.42 Å². The zero-order chi connectivity index (χ0) is 16.3. The van der Waals surface area contributed by atoms with Gasteiger partial charge in [0.05, 0.1) is 12.6 Å². The average Bonchev–Trinajstić information content (AvgIpc) is 3.03. The molecule has 1 heterocycles. The van der Waals surface area contributed by atoms with Gasteiger partial charge in [-0.1, -0.05) is 36.4 Å². The second-order valence-electron chi connectivity index (χ2n) is 5.48. The number of nitrogens with zero attached hydrogens (tertiary/aromatic N) is 2. The van der Waals surface area contributed by atoms with E-state index in [0.29, 0.717) is 13.0 Å². The van der Waals surface area contributed by atoms with Gasteiger partial charge in [0.15, 0.2) is 0 Å². The molecule has 23 heavy (non-hydrogen) atoms. The van der Waals surface area contributed by atoms with Gasteiger partial charge in [0.2, 0.25) is 0 Å². The molecule has 6 heteroatoms. The number of hydrogen-bond donors (Lipinski definition) is 0. The maximum absolute atomic E-state index is 11.6. The second kappa shape index (κ2) is 6.52. The van der Waals surface area contributed by atoms with Crippen LogP contribution in [0.2, 0.25) is 0 Å². The van der Waals surface area contributed by atoms with Gasteiger partial charge in [-0.15, -0.1) is 0 Å². The van der Waals surface area contributed by atoms with E-state index in [4.69, 9.17) is 4.18 Å². The molecular formula is C17H18N2O3S. The monoisotopic (exact) mass is 330 g/mol. The van der Waals surface area contributed by atoms with E-state index in [9.17, 15) is 8.42 Å². The first kappa shape index (κ1) is 15.7. The Hall–Kier alpha value is -2.18. The Labute approximate surface area is 135 Å². The summed E-state index contributed by atoms with van der Waals surface area (Å²) in [6.07, 6.45) is 6.36. The predicted molar refractivity (Wildman–Crippen MR) is 89.5 cm³/mol. The second-order valence-corrected chi connectivity index (χ2v) is 7.09. The summed E-state index contributed by atoms with van der Waals surface area (Å²) >= 11 is 0. The normalized spacial score (nSPS) is 13.3. The Morgan fingerprint density at radius 3 is 2.65 bits per heavy atom. The van der Waals surface area contributed by atoms with Crippen LogP contribution in [0.3, 0.4) is 0 Å². The number of aryl methyl sites for hydroxylation is 1. The molecule has 0 saturated carbocycles. The van der Waals surface area contributed by atoms with Crippen molar-refractivity contribution in [1.29, 1.82) is 0 Å². The number of rotatable bonds is 6. The lowest BCUT2D eigenvalue weighted by molar-refractivity contribution is 0.198. The minimum atomic E-state index is -3.54. The molecule has 1 aromatic heterocycles. The predicted octanol–water partition coefficient (Wildman–Crippen LogP) is 3.14. The molecule has 3 rings (SSSR count). The van der Waals surface area contributed by atoms with Crippen molar-refractivity contribution >= 4 is 20.9 Å². The lowest BCUT2D eigenvalue weighted by atomic mass is 10.0. The minimum absolute atomic E-state index is 0.517. The van der Waals surface area contributed by atoms with Crippen LogP contribution < -0.4 is 0 Å². The van der Waals surface area contributed by atoms with Crippen molar-refractivity contribution in [3.05, 3.63) is 66.7 Å². The Balaban J connectivity index is 1.88. The van der Waals surface area contributed by atoms with Crippen molar-refractivity contribution in [3.63, 3.8) is 0 Å². The van der Waals surface area contributed by atoms with Crippen LogP contribution >= 0.6 is 0 Å². The molecule has 0 radical (unpaired) electrons. The number of hydrogen-bond acceptors (Lipinski definition) is 4. The highest BCUT2D eigenvalue weighted by atomic mass is 32.2. The lowest BCUT2D eigenvalue weighted by Gasteiger charge is -2.17. The summed E-state index contributed by atoms with van der Waals surface area (Å²) in [4.78, 5) is 3.99. The molecule has 120 valence electrons. The van der Waals surface area contributed by atoms with Crippen LogP contribution in [0.15, 0.2) is 61.2 Å². The van der Waals surface area contributed by atoms with E-state index >= 15 is 0 Å². The molecule has 0 aliphatic rings. The standard InChI is InChI=1S/C17H18N2O3S/c1-23(20,21)22-17(8-10-19-11-9-18-13-19)16-7-6-14-4-2-3-5-15(14)12-16/h2-7,9,11-13,17H,8,10H2,1H3. The van der Waals surface area contributed by atoms with Gasteiger partial charge in [-0.05, 0) is 28.8 Å². The van der Waals surface area contributed by atoms with Crippen LogP contribution in [-0.4, -0.2) is 24.2 Å². The van der Waals surface area contributed by atoms with Crippen LogP contribution in [0.5, 0.6) is 0 Å². The van der Waals surface area contributed by atoms with Crippen molar-refractivity contribution in [2.24, 2.45) is 0 Å². The van der Waals surface area contributed by atoms with Gasteiger partial charge >= 0.3 is 0 Å².